The summed E-state index contributed by atoms with van der Waals surface area (Å²) in [6.07, 6.45) is 3.32. The number of ether oxygens (including phenoxy) is 2. The third-order valence-electron chi connectivity index (χ3n) is 6.92. The van der Waals surface area contributed by atoms with Gasteiger partial charge in [-0.2, -0.15) is 0 Å². The zero-order valence-corrected chi connectivity index (χ0v) is 23.6. The fourth-order valence-electron chi connectivity index (χ4n) is 4.98. The molecule has 4 aromatic rings. The van der Waals surface area contributed by atoms with E-state index in [-0.39, 0.29) is 0 Å². The molecule has 1 saturated heterocycles. The van der Waals surface area contributed by atoms with Crippen molar-refractivity contribution in [2.45, 2.75) is 51.8 Å². The molecule has 1 amide bonds. The van der Waals surface area contributed by atoms with Crippen LogP contribution in [-0.4, -0.2) is 52.8 Å². The standard InChI is InChI=1S/C32H37N5O3/c1-32(2,3)40-31(38)36-29-19-24(18-23-10-11-26(39-4)20-27(23)29)28-12-15-33-30(35-28)34-25-13-16-37(17-14-25)21-22-8-6-5-7-9-22/h5-12,15,18-20,25H,13-14,16-17,21H2,1-4H3,(H,36,38)(H,33,34,35). The molecule has 0 aliphatic carbocycles. The van der Waals surface area contributed by atoms with E-state index < -0.39 is 11.7 Å². The van der Waals surface area contributed by atoms with E-state index in [2.05, 4.69) is 56.9 Å². The minimum atomic E-state index is -0.611. The second kappa shape index (κ2) is 11.9. The van der Waals surface area contributed by atoms with E-state index in [1.54, 1.807) is 13.3 Å². The van der Waals surface area contributed by atoms with E-state index in [4.69, 9.17) is 14.5 Å². The summed E-state index contributed by atoms with van der Waals surface area (Å²) < 4.78 is 10.9. The highest BCUT2D eigenvalue weighted by molar-refractivity contribution is 6.03. The van der Waals surface area contributed by atoms with Gasteiger partial charge in [-0.3, -0.25) is 10.2 Å². The number of carbonyl (C=O) groups is 1. The molecule has 2 N–H and O–H groups in total. The highest BCUT2D eigenvalue weighted by atomic mass is 16.6. The van der Waals surface area contributed by atoms with Gasteiger partial charge in [0.05, 0.1) is 18.5 Å². The molecule has 208 valence electrons. The molecular weight excluding hydrogens is 502 g/mol. The van der Waals surface area contributed by atoms with E-state index in [9.17, 15) is 4.79 Å². The number of nitrogens with zero attached hydrogens (tertiary/aromatic N) is 3. The lowest BCUT2D eigenvalue weighted by Crippen LogP contribution is -2.38. The van der Waals surface area contributed by atoms with Crippen molar-refractivity contribution < 1.29 is 14.3 Å². The van der Waals surface area contributed by atoms with E-state index in [0.717, 1.165) is 54.5 Å². The number of anilines is 2. The summed E-state index contributed by atoms with van der Waals surface area (Å²) in [5, 5.41) is 8.27. The summed E-state index contributed by atoms with van der Waals surface area (Å²) in [7, 11) is 1.62. The van der Waals surface area contributed by atoms with Crippen molar-refractivity contribution in [1.82, 2.24) is 14.9 Å². The molecule has 2 heterocycles. The van der Waals surface area contributed by atoms with Crippen LogP contribution in [0.5, 0.6) is 5.75 Å². The van der Waals surface area contributed by atoms with Crippen LogP contribution in [0.25, 0.3) is 22.0 Å². The van der Waals surface area contributed by atoms with Crippen LogP contribution in [0.15, 0.2) is 72.9 Å². The van der Waals surface area contributed by atoms with Crippen molar-refractivity contribution in [1.29, 1.82) is 0 Å². The number of aromatic nitrogens is 2. The smallest absolute Gasteiger partial charge is 0.412 e. The van der Waals surface area contributed by atoms with Gasteiger partial charge >= 0.3 is 6.09 Å². The number of amides is 1. The molecule has 40 heavy (non-hydrogen) atoms. The first-order valence-electron chi connectivity index (χ1n) is 13.7. The Kier molecular flexibility index (Phi) is 8.16. The number of hydrogen-bond acceptors (Lipinski definition) is 7. The maximum atomic E-state index is 12.7. The van der Waals surface area contributed by atoms with Crippen molar-refractivity contribution in [3.63, 3.8) is 0 Å². The molecule has 8 heteroatoms. The molecule has 1 aliphatic rings. The molecule has 5 rings (SSSR count). The van der Waals surface area contributed by atoms with Gasteiger partial charge in [0.1, 0.15) is 11.4 Å². The number of carbonyl (C=O) groups excluding carboxylic acids is 1. The van der Waals surface area contributed by atoms with Gasteiger partial charge in [-0.15, -0.1) is 0 Å². The second-order valence-corrected chi connectivity index (χ2v) is 11.2. The number of piperidine rings is 1. The summed E-state index contributed by atoms with van der Waals surface area (Å²) in [6.45, 7) is 8.55. The maximum absolute atomic E-state index is 12.7. The Bertz CT molecular complexity index is 1460. The van der Waals surface area contributed by atoms with Crippen molar-refractivity contribution in [3.8, 4) is 17.0 Å². The normalized spacial score (nSPS) is 14.6. The fourth-order valence-corrected chi connectivity index (χ4v) is 4.98. The van der Waals surface area contributed by atoms with Crippen LogP contribution in [-0.2, 0) is 11.3 Å². The molecule has 8 nitrogen and oxygen atoms in total. The first kappa shape index (κ1) is 27.4. The largest absolute Gasteiger partial charge is 0.497 e. The first-order valence-corrected chi connectivity index (χ1v) is 13.7. The summed E-state index contributed by atoms with van der Waals surface area (Å²) in [5.41, 5.74) is 3.00. The van der Waals surface area contributed by atoms with E-state index in [1.165, 1.54) is 5.56 Å². The van der Waals surface area contributed by atoms with Gasteiger partial charge in [0, 0.05) is 42.8 Å². The monoisotopic (exact) mass is 539 g/mol. The molecule has 1 fully saturated rings. The Morgan fingerprint density at radius 3 is 2.52 bits per heavy atom. The van der Waals surface area contributed by atoms with Gasteiger partial charge in [-0.1, -0.05) is 36.4 Å². The second-order valence-electron chi connectivity index (χ2n) is 11.2. The van der Waals surface area contributed by atoms with Gasteiger partial charge < -0.3 is 14.8 Å². The zero-order chi connectivity index (χ0) is 28.1. The average molecular weight is 540 g/mol. The average Bonchev–Trinajstić information content (AvgIpc) is 2.93. The summed E-state index contributed by atoms with van der Waals surface area (Å²) >= 11 is 0. The third kappa shape index (κ3) is 7.07. The van der Waals surface area contributed by atoms with E-state index >= 15 is 0 Å². The highest BCUT2D eigenvalue weighted by Crippen LogP contribution is 2.33. The van der Waals surface area contributed by atoms with Crippen LogP contribution in [0, 0.1) is 0 Å². The fraction of sp³-hybridized carbons (Fsp3) is 0.344. The van der Waals surface area contributed by atoms with Crippen LogP contribution in [0.2, 0.25) is 0 Å². The zero-order valence-electron chi connectivity index (χ0n) is 23.6. The quantitative estimate of drug-likeness (QED) is 0.269. The van der Waals surface area contributed by atoms with Crippen molar-refractivity contribution in [2.24, 2.45) is 0 Å². The predicted octanol–water partition coefficient (Wildman–Crippen LogP) is 6.73. The SMILES string of the molecule is COc1ccc2cc(-c3ccnc(NC4CCN(Cc5ccccc5)CC4)n3)cc(NC(=O)OC(C)(C)C)c2c1. The maximum Gasteiger partial charge on any atom is 0.412 e. The van der Waals surface area contributed by atoms with E-state index in [0.29, 0.717) is 23.4 Å². The number of methoxy groups -OCH3 is 1. The molecule has 0 atom stereocenters. The molecule has 1 aromatic heterocycles. The first-order chi connectivity index (χ1) is 19.3. The Morgan fingerprint density at radius 2 is 1.80 bits per heavy atom. The lowest BCUT2D eigenvalue weighted by molar-refractivity contribution is 0.0636. The summed E-state index contributed by atoms with van der Waals surface area (Å²) in [6, 6.07) is 22.6. The number of rotatable bonds is 7. The number of nitrogens with one attached hydrogen (secondary N) is 2. The van der Waals surface area contributed by atoms with Crippen LogP contribution >= 0.6 is 0 Å². The van der Waals surface area contributed by atoms with Crippen LogP contribution in [0.3, 0.4) is 0 Å². The lowest BCUT2D eigenvalue weighted by atomic mass is 10.0. The van der Waals surface area contributed by atoms with Gasteiger partial charge in [-0.25, -0.2) is 14.8 Å². The number of hydrogen-bond donors (Lipinski definition) is 2. The van der Waals surface area contributed by atoms with Gasteiger partial charge in [0.25, 0.3) is 0 Å². The molecule has 0 spiro atoms. The molecule has 0 saturated carbocycles. The number of fused-ring (bicyclic) bond motifs is 1. The Morgan fingerprint density at radius 1 is 1.02 bits per heavy atom. The molecule has 0 unspecified atom stereocenters. The van der Waals surface area contributed by atoms with Gasteiger partial charge in [0.2, 0.25) is 5.95 Å². The minimum Gasteiger partial charge on any atom is -0.497 e. The number of likely N-dealkylation sites (tertiary alicyclic amines) is 1. The van der Waals surface area contributed by atoms with Crippen molar-refractivity contribution >= 4 is 28.5 Å². The Hall–Kier alpha value is -4.17. The minimum absolute atomic E-state index is 0.315. The van der Waals surface area contributed by atoms with E-state index in [1.807, 2.05) is 51.1 Å². The van der Waals surface area contributed by atoms with Crippen LogP contribution in [0.4, 0.5) is 16.4 Å². The Balaban J connectivity index is 1.33. The van der Waals surface area contributed by atoms with Crippen molar-refractivity contribution in [3.05, 3.63) is 78.5 Å². The molecular formula is C32H37N5O3. The van der Waals surface area contributed by atoms with Crippen LogP contribution < -0.4 is 15.4 Å². The van der Waals surface area contributed by atoms with Crippen LogP contribution in [0.1, 0.15) is 39.2 Å². The van der Waals surface area contributed by atoms with Gasteiger partial charge in [-0.05, 0) is 74.9 Å². The Labute approximate surface area is 235 Å². The molecule has 1 aliphatic heterocycles. The molecule has 0 bridgehead atoms. The summed E-state index contributed by atoms with van der Waals surface area (Å²) in [4.78, 5) is 24.5. The predicted molar refractivity (Wildman–Crippen MR) is 160 cm³/mol. The molecule has 0 radical (unpaired) electrons. The summed E-state index contributed by atoms with van der Waals surface area (Å²) in [5.74, 6) is 1.31. The lowest BCUT2D eigenvalue weighted by Gasteiger charge is -2.32. The van der Waals surface area contributed by atoms with Gasteiger partial charge in [0.15, 0.2) is 0 Å². The highest BCUT2D eigenvalue weighted by Gasteiger charge is 2.21. The molecule has 3 aromatic carbocycles. The third-order valence-corrected chi connectivity index (χ3v) is 6.92. The van der Waals surface area contributed by atoms with Crippen molar-refractivity contribution in [2.75, 3.05) is 30.8 Å². The topological polar surface area (TPSA) is 88.6 Å². The number of benzene rings is 3.